The molecule has 1 amide bonds. The van der Waals surface area contributed by atoms with E-state index in [0.717, 1.165) is 0 Å². The van der Waals surface area contributed by atoms with E-state index in [0.29, 0.717) is 22.8 Å². The summed E-state index contributed by atoms with van der Waals surface area (Å²) in [5.74, 6) is -0.0461. The maximum absolute atomic E-state index is 13.3. The minimum atomic E-state index is -4.27. The van der Waals surface area contributed by atoms with Crippen molar-refractivity contribution in [2.24, 2.45) is 0 Å². The van der Waals surface area contributed by atoms with Gasteiger partial charge in [0.05, 0.1) is 17.5 Å². The minimum Gasteiger partial charge on any atom is -0.311 e. The van der Waals surface area contributed by atoms with Gasteiger partial charge in [0.2, 0.25) is 5.91 Å². The van der Waals surface area contributed by atoms with Gasteiger partial charge in [0, 0.05) is 24.7 Å². The van der Waals surface area contributed by atoms with Gasteiger partial charge in [-0.3, -0.25) is 9.78 Å². The van der Waals surface area contributed by atoms with Crippen molar-refractivity contribution in [3.8, 4) is 6.07 Å². The van der Waals surface area contributed by atoms with Crippen molar-refractivity contribution in [3.05, 3.63) is 102 Å². The molecular weight excluding hydrogens is 469 g/mol. The molecule has 0 spiro atoms. The van der Waals surface area contributed by atoms with Crippen molar-refractivity contribution in [1.82, 2.24) is 19.3 Å². The molecule has 1 unspecified atom stereocenters. The van der Waals surface area contributed by atoms with Crippen molar-refractivity contribution >= 4 is 11.7 Å². The number of nitrogens with one attached hydrogen (secondary N) is 1. The zero-order valence-electron chi connectivity index (χ0n) is 19.0. The summed E-state index contributed by atoms with van der Waals surface area (Å²) in [5, 5.41) is 16.7. The summed E-state index contributed by atoms with van der Waals surface area (Å²) in [5.41, 5.74) is 0.175. The van der Waals surface area contributed by atoms with E-state index in [4.69, 9.17) is 0 Å². The highest BCUT2D eigenvalue weighted by Crippen LogP contribution is 2.58. The lowest BCUT2D eigenvalue weighted by Crippen LogP contribution is -2.28. The van der Waals surface area contributed by atoms with Crippen LogP contribution in [0.25, 0.3) is 0 Å². The van der Waals surface area contributed by atoms with Crippen LogP contribution in [0.2, 0.25) is 0 Å². The van der Waals surface area contributed by atoms with Gasteiger partial charge in [-0.15, -0.1) is 0 Å². The second kappa shape index (κ2) is 9.00. The monoisotopic (exact) mass is 490 g/mol. The Balaban J connectivity index is 1.30. The number of carbonyl (C=O) groups is 1. The number of aromatic nitrogens is 4. The molecule has 1 saturated carbocycles. The first-order valence-corrected chi connectivity index (χ1v) is 11.3. The maximum Gasteiger partial charge on any atom is 0.398 e. The number of alkyl halides is 3. The summed E-state index contributed by atoms with van der Waals surface area (Å²) in [4.78, 5) is 17.0. The van der Waals surface area contributed by atoms with Gasteiger partial charge in [0.1, 0.15) is 11.8 Å². The quantitative estimate of drug-likeness (QED) is 0.402. The summed E-state index contributed by atoms with van der Waals surface area (Å²) >= 11 is 0. The van der Waals surface area contributed by atoms with Gasteiger partial charge in [-0.2, -0.15) is 23.5 Å². The number of carbonyl (C=O) groups excluding carboxylic acids is 1. The molecule has 1 aliphatic carbocycles. The molecule has 3 heterocycles. The number of benzene rings is 1. The molecule has 4 aromatic rings. The highest BCUT2D eigenvalue weighted by atomic mass is 19.4. The molecule has 0 radical (unpaired) electrons. The number of nitriles is 1. The molecule has 1 aromatic carbocycles. The van der Waals surface area contributed by atoms with Crippen LogP contribution in [0.5, 0.6) is 0 Å². The SMILES string of the molecule is N#Cc1cccn1C(c1ccccn1)n1ccc(NC(=O)Cc2ccc(C3(C(F)(F)F)CC3)cc2)n1. The second-order valence-corrected chi connectivity index (χ2v) is 8.72. The summed E-state index contributed by atoms with van der Waals surface area (Å²) < 4.78 is 43.3. The highest BCUT2D eigenvalue weighted by Gasteiger charge is 2.64. The molecule has 0 bridgehead atoms. The summed E-state index contributed by atoms with van der Waals surface area (Å²) in [6.07, 6.45) is 0.448. The van der Waals surface area contributed by atoms with Gasteiger partial charge in [-0.25, -0.2) is 4.68 Å². The third-order valence-corrected chi connectivity index (χ3v) is 6.40. The molecule has 5 rings (SSSR count). The van der Waals surface area contributed by atoms with Crippen molar-refractivity contribution in [3.63, 3.8) is 0 Å². The minimum absolute atomic E-state index is 0.00793. The number of pyridine rings is 1. The predicted molar refractivity (Wildman–Crippen MR) is 125 cm³/mol. The average Bonchev–Trinajstić information content (AvgIpc) is 3.37. The fourth-order valence-electron chi connectivity index (χ4n) is 4.35. The molecule has 36 heavy (non-hydrogen) atoms. The third-order valence-electron chi connectivity index (χ3n) is 6.40. The number of rotatable bonds is 7. The van der Waals surface area contributed by atoms with Crippen LogP contribution in [0, 0.1) is 11.3 Å². The van der Waals surface area contributed by atoms with Gasteiger partial charge in [-0.05, 0) is 48.2 Å². The first-order valence-electron chi connectivity index (χ1n) is 11.3. The molecular formula is C26H21F3N6O. The molecule has 0 saturated heterocycles. The zero-order chi connectivity index (χ0) is 25.3. The number of amides is 1. The van der Waals surface area contributed by atoms with E-state index in [9.17, 15) is 23.2 Å². The number of anilines is 1. The standard InChI is InChI=1S/C26H21F3N6O/c27-26(28,29)25(11-12-25)19-8-6-18(7-9-19)16-23(36)32-22-10-15-35(33-22)24(21-5-1-2-13-31-21)34-14-3-4-20(34)17-30/h1-10,13-15,24H,11-12,16H2,(H,32,33,36). The van der Waals surface area contributed by atoms with Crippen LogP contribution in [-0.4, -0.2) is 31.4 Å². The van der Waals surface area contributed by atoms with Crippen molar-refractivity contribution in [2.75, 3.05) is 5.32 Å². The Morgan fingerprint density at radius 1 is 1.08 bits per heavy atom. The number of hydrogen-bond donors (Lipinski definition) is 1. The van der Waals surface area contributed by atoms with Crippen LogP contribution in [0.3, 0.4) is 0 Å². The van der Waals surface area contributed by atoms with Gasteiger partial charge >= 0.3 is 6.18 Å². The second-order valence-electron chi connectivity index (χ2n) is 8.72. The topological polar surface area (TPSA) is 88.5 Å². The van der Waals surface area contributed by atoms with Crippen LogP contribution in [0.1, 0.15) is 41.5 Å². The average molecular weight is 490 g/mol. The molecule has 1 fully saturated rings. The summed E-state index contributed by atoms with van der Waals surface area (Å²) in [6, 6.07) is 18.7. The van der Waals surface area contributed by atoms with E-state index in [1.54, 1.807) is 64.2 Å². The van der Waals surface area contributed by atoms with Gasteiger partial charge in [0.25, 0.3) is 0 Å². The van der Waals surface area contributed by atoms with Crippen LogP contribution in [0.15, 0.2) is 79.3 Å². The van der Waals surface area contributed by atoms with E-state index in [1.165, 1.54) is 12.1 Å². The van der Waals surface area contributed by atoms with E-state index >= 15 is 0 Å². The zero-order valence-corrected chi connectivity index (χ0v) is 19.0. The third kappa shape index (κ3) is 4.35. The van der Waals surface area contributed by atoms with Crippen LogP contribution in [0.4, 0.5) is 19.0 Å². The van der Waals surface area contributed by atoms with Gasteiger partial charge in [0.15, 0.2) is 12.0 Å². The first-order chi connectivity index (χ1) is 17.3. The lowest BCUT2D eigenvalue weighted by Gasteiger charge is -2.20. The Labute approximate surface area is 204 Å². The van der Waals surface area contributed by atoms with Crippen LogP contribution in [-0.2, 0) is 16.6 Å². The molecule has 10 heteroatoms. The lowest BCUT2D eigenvalue weighted by molar-refractivity contribution is -0.160. The van der Waals surface area contributed by atoms with Crippen LogP contribution < -0.4 is 5.32 Å². The number of hydrogen-bond acceptors (Lipinski definition) is 4. The normalized spacial score (nSPS) is 15.2. The Kier molecular flexibility index (Phi) is 5.84. The largest absolute Gasteiger partial charge is 0.398 e. The molecule has 1 N–H and O–H groups in total. The van der Waals surface area contributed by atoms with Crippen molar-refractivity contribution in [1.29, 1.82) is 5.26 Å². The molecule has 1 aliphatic rings. The molecule has 3 aromatic heterocycles. The van der Waals surface area contributed by atoms with Crippen LogP contribution >= 0.6 is 0 Å². The number of halogens is 3. The fourth-order valence-corrected chi connectivity index (χ4v) is 4.35. The van der Waals surface area contributed by atoms with E-state index in [1.807, 2.05) is 12.1 Å². The Hall–Kier alpha value is -4.39. The smallest absolute Gasteiger partial charge is 0.311 e. The Bertz CT molecular complexity index is 1410. The Morgan fingerprint density at radius 3 is 2.50 bits per heavy atom. The molecule has 1 atom stereocenters. The van der Waals surface area contributed by atoms with E-state index < -0.39 is 17.8 Å². The van der Waals surface area contributed by atoms with E-state index in [-0.39, 0.29) is 30.7 Å². The van der Waals surface area contributed by atoms with Crippen molar-refractivity contribution in [2.45, 2.75) is 37.0 Å². The predicted octanol–water partition coefficient (Wildman–Crippen LogP) is 4.82. The molecule has 7 nitrogen and oxygen atoms in total. The Morgan fingerprint density at radius 2 is 1.86 bits per heavy atom. The van der Waals surface area contributed by atoms with Crippen molar-refractivity contribution < 1.29 is 18.0 Å². The first kappa shape index (κ1) is 23.4. The summed E-state index contributed by atoms with van der Waals surface area (Å²) in [7, 11) is 0. The summed E-state index contributed by atoms with van der Waals surface area (Å²) in [6.45, 7) is 0. The molecule has 182 valence electrons. The van der Waals surface area contributed by atoms with E-state index in [2.05, 4.69) is 21.5 Å². The highest BCUT2D eigenvalue weighted by molar-refractivity contribution is 5.91. The maximum atomic E-state index is 13.3. The lowest BCUT2D eigenvalue weighted by atomic mass is 9.94. The van der Waals surface area contributed by atoms with Gasteiger partial charge in [-0.1, -0.05) is 30.3 Å². The number of nitrogens with zero attached hydrogens (tertiary/aromatic N) is 5. The fraction of sp³-hybridized carbons (Fsp3) is 0.231. The molecule has 0 aliphatic heterocycles. The van der Waals surface area contributed by atoms with Gasteiger partial charge < -0.3 is 9.88 Å².